The molecular weight excluding hydrogens is 222 g/mol. The van der Waals surface area contributed by atoms with Crippen LogP contribution in [0.1, 0.15) is 31.0 Å². The van der Waals surface area contributed by atoms with Crippen molar-refractivity contribution in [2.45, 2.75) is 26.3 Å². The standard InChI is InChI=1S/C16H19NO/c1-3-13-7-4-5-10-16(13)17-12(2)14-8-6-9-15(18)11-14/h4-12,17-18H,3H2,1-2H3. The second kappa shape index (κ2) is 5.58. The topological polar surface area (TPSA) is 32.3 Å². The van der Waals surface area contributed by atoms with Gasteiger partial charge in [-0.1, -0.05) is 37.3 Å². The third-order valence-electron chi connectivity index (χ3n) is 3.14. The van der Waals surface area contributed by atoms with Gasteiger partial charge in [-0.05, 0) is 42.7 Å². The predicted molar refractivity (Wildman–Crippen MR) is 76.0 cm³/mol. The van der Waals surface area contributed by atoms with Crippen LogP contribution in [0.4, 0.5) is 5.69 Å². The Bertz CT molecular complexity index is 522. The fraction of sp³-hybridized carbons (Fsp3) is 0.250. The number of aryl methyl sites for hydroxylation is 1. The van der Waals surface area contributed by atoms with E-state index in [9.17, 15) is 5.11 Å². The first-order valence-corrected chi connectivity index (χ1v) is 6.34. The molecule has 2 heteroatoms. The van der Waals surface area contributed by atoms with E-state index < -0.39 is 0 Å². The highest BCUT2D eigenvalue weighted by atomic mass is 16.3. The van der Waals surface area contributed by atoms with Gasteiger partial charge < -0.3 is 10.4 Å². The maximum absolute atomic E-state index is 9.50. The molecule has 0 spiro atoms. The van der Waals surface area contributed by atoms with Crippen molar-refractivity contribution in [3.05, 3.63) is 59.7 Å². The fourth-order valence-electron chi connectivity index (χ4n) is 2.08. The van der Waals surface area contributed by atoms with Crippen molar-refractivity contribution < 1.29 is 5.11 Å². The zero-order chi connectivity index (χ0) is 13.0. The van der Waals surface area contributed by atoms with Gasteiger partial charge in [0, 0.05) is 11.7 Å². The first kappa shape index (κ1) is 12.5. The van der Waals surface area contributed by atoms with E-state index in [0.717, 1.165) is 17.7 Å². The van der Waals surface area contributed by atoms with Crippen molar-refractivity contribution in [3.8, 4) is 5.75 Å². The van der Waals surface area contributed by atoms with Crippen molar-refractivity contribution >= 4 is 5.69 Å². The molecular formula is C16H19NO. The normalized spacial score (nSPS) is 12.1. The van der Waals surface area contributed by atoms with E-state index in [-0.39, 0.29) is 6.04 Å². The average molecular weight is 241 g/mol. The summed E-state index contributed by atoms with van der Waals surface area (Å²) in [6.45, 7) is 4.25. The summed E-state index contributed by atoms with van der Waals surface area (Å²) in [6, 6.07) is 15.9. The highest BCUT2D eigenvalue weighted by Crippen LogP contribution is 2.24. The van der Waals surface area contributed by atoms with E-state index in [1.54, 1.807) is 12.1 Å². The van der Waals surface area contributed by atoms with Gasteiger partial charge in [0.1, 0.15) is 5.75 Å². The molecule has 1 atom stereocenters. The number of hydrogen-bond acceptors (Lipinski definition) is 2. The molecule has 0 amide bonds. The fourth-order valence-corrected chi connectivity index (χ4v) is 2.08. The van der Waals surface area contributed by atoms with Crippen LogP contribution >= 0.6 is 0 Å². The van der Waals surface area contributed by atoms with Crippen LogP contribution in [0.2, 0.25) is 0 Å². The first-order valence-electron chi connectivity index (χ1n) is 6.34. The van der Waals surface area contributed by atoms with Gasteiger partial charge in [-0.3, -0.25) is 0 Å². The zero-order valence-electron chi connectivity index (χ0n) is 10.9. The quantitative estimate of drug-likeness (QED) is 0.843. The Morgan fingerprint density at radius 2 is 1.89 bits per heavy atom. The Morgan fingerprint density at radius 1 is 1.11 bits per heavy atom. The molecule has 0 saturated carbocycles. The Hall–Kier alpha value is -1.96. The molecule has 0 fully saturated rings. The molecule has 1 unspecified atom stereocenters. The van der Waals surface area contributed by atoms with Crippen molar-refractivity contribution in [2.75, 3.05) is 5.32 Å². The summed E-state index contributed by atoms with van der Waals surface area (Å²) in [6.07, 6.45) is 1.01. The lowest BCUT2D eigenvalue weighted by Gasteiger charge is -2.18. The van der Waals surface area contributed by atoms with Gasteiger partial charge >= 0.3 is 0 Å². The van der Waals surface area contributed by atoms with Crippen molar-refractivity contribution in [1.29, 1.82) is 0 Å². The van der Waals surface area contributed by atoms with Gasteiger partial charge in [-0.25, -0.2) is 0 Å². The molecule has 0 aromatic heterocycles. The number of phenols is 1. The summed E-state index contributed by atoms with van der Waals surface area (Å²) >= 11 is 0. The third kappa shape index (κ3) is 2.83. The largest absolute Gasteiger partial charge is 0.508 e. The van der Waals surface area contributed by atoms with E-state index in [2.05, 4.69) is 37.4 Å². The van der Waals surface area contributed by atoms with Crippen LogP contribution in [-0.2, 0) is 6.42 Å². The summed E-state index contributed by atoms with van der Waals surface area (Å²) in [7, 11) is 0. The molecule has 0 heterocycles. The number of rotatable bonds is 4. The van der Waals surface area contributed by atoms with Crippen LogP contribution < -0.4 is 5.32 Å². The molecule has 2 nitrogen and oxygen atoms in total. The van der Waals surface area contributed by atoms with E-state index >= 15 is 0 Å². The van der Waals surface area contributed by atoms with E-state index in [0.29, 0.717) is 5.75 Å². The summed E-state index contributed by atoms with van der Waals surface area (Å²) in [4.78, 5) is 0. The Kier molecular flexibility index (Phi) is 3.88. The molecule has 2 rings (SSSR count). The SMILES string of the molecule is CCc1ccccc1NC(C)c1cccc(O)c1. The van der Waals surface area contributed by atoms with Gasteiger partial charge in [0.15, 0.2) is 0 Å². The number of hydrogen-bond donors (Lipinski definition) is 2. The second-order valence-corrected chi connectivity index (χ2v) is 4.47. The summed E-state index contributed by atoms with van der Waals surface area (Å²) in [5.41, 5.74) is 3.56. The number of para-hydroxylation sites is 1. The smallest absolute Gasteiger partial charge is 0.115 e. The second-order valence-electron chi connectivity index (χ2n) is 4.47. The Balaban J connectivity index is 2.18. The van der Waals surface area contributed by atoms with Crippen LogP contribution in [0, 0.1) is 0 Å². The van der Waals surface area contributed by atoms with Gasteiger partial charge in [0.25, 0.3) is 0 Å². The maximum atomic E-state index is 9.50. The molecule has 2 aromatic carbocycles. The van der Waals surface area contributed by atoms with Gasteiger partial charge in [0.2, 0.25) is 0 Å². The summed E-state index contributed by atoms with van der Waals surface area (Å²) < 4.78 is 0. The maximum Gasteiger partial charge on any atom is 0.115 e. The number of nitrogens with one attached hydrogen (secondary N) is 1. The van der Waals surface area contributed by atoms with Crippen molar-refractivity contribution in [1.82, 2.24) is 0 Å². The van der Waals surface area contributed by atoms with Crippen molar-refractivity contribution in [3.63, 3.8) is 0 Å². The molecule has 0 aliphatic heterocycles. The number of anilines is 1. The van der Waals surface area contributed by atoms with E-state index in [1.165, 1.54) is 5.56 Å². The van der Waals surface area contributed by atoms with Gasteiger partial charge in [-0.15, -0.1) is 0 Å². The number of phenolic OH excluding ortho intramolecular Hbond substituents is 1. The molecule has 0 aliphatic carbocycles. The first-order chi connectivity index (χ1) is 8.70. The van der Waals surface area contributed by atoms with Crippen LogP contribution in [0.3, 0.4) is 0 Å². The van der Waals surface area contributed by atoms with Crippen molar-refractivity contribution in [2.24, 2.45) is 0 Å². The Labute approximate surface area is 108 Å². The minimum atomic E-state index is 0.171. The predicted octanol–water partition coefficient (Wildman–Crippen LogP) is 4.13. The molecule has 94 valence electrons. The summed E-state index contributed by atoms with van der Waals surface area (Å²) in [5.74, 6) is 0.310. The van der Waals surface area contributed by atoms with Gasteiger partial charge in [-0.2, -0.15) is 0 Å². The lowest BCUT2D eigenvalue weighted by atomic mass is 10.1. The molecule has 0 saturated heterocycles. The minimum absolute atomic E-state index is 0.171. The average Bonchev–Trinajstić information content (AvgIpc) is 2.39. The molecule has 0 radical (unpaired) electrons. The van der Waals surface area contributed by atoms with Crippen LogP contribution in [0.5, 0.6) is 5.75 Å². The Morgan fingerprint density at radius 3 is 2.61 bits per heavy atom. The van der Waals surface area contributed by atoms with Crippen LogP contribution in [0.25, 0.3) is 0 Å². The highest BCUT2D eigenvalue weighted by Gasteiger charge is 2.07. The van der Waals surface area contributed by atoms with Crippen LogP contribution in [0.15, 0.2) is 48.5 Å². The van der Waals surface area contributed by atoms with Crippen LogP contribution in [-0.4, -0.2) is 5.11 Å². The van der Waals surface area contributed by atoms with Gasteiger partial charge in [0.05, 0.1) is 0 Å². The molecule has 2 N–H and O–H groups in total. The highest BCUT2D eigenvalue weighted by molar-refractivity contribution is 5.52. The summed E-state index contributed by atoms with van der Waals surface area (Å²) in [5, 5.41) is 13.0. The molecule has 2 aromatic rings. The minimum Gasteiger partial charge on any atom is -0.508 e. The lowest BCUT2D eigenvalue weighted by Crippen LogP contribution is -2.08. The van der Waals surface area contributed by atoms with E-state index in [4.69, 9.17) is 0 Å². The molecule has 0 bridgehead atoms. The lowest BCUT2D eigenvalue weighted by molar-refractivity contribution is 0.474. The zero-order valence-corrected chi connectivity index (χ0v) is 10.9. The van der Waals surface area contributed by atoms with E-state index in [1.807, 2.05) is 18.2 Å². The number of aromatic hydroxyl groups is 1. The molecule has 18 heavy (non-hydrogen) atoms. The molecule has 0 aliphatic rings. The monoisotopic (exact) mass is 241 g/mol. The number of benzene rings is 2. The third-order valence-corrected chi connectivity index (χ3v) is 3.14.